The molecule has 3 amide bonds. The first-order valence-electron chi connectivity index (χ1n) is 5.74. The number of ether oxygens (including phenoxy) is 1. The van der Waals surface area contributed by atoms with Crippen LogP contribution in [-0.2, 0) is 4.74 Å². The van der Waals surface area contributed by atoms with Crippen LogP contribution in [0.4, 0.5) is 14.6 Å². The molecule has 0 aliphatic heterocycles. The van der Waals surface area contributed by atoms with Crippen molar-refractivity contribution in [2.24, 2.45) is 11.5 Å². The van der Waals surface area contributed by atoms with E-state index in [0.717, 1.165) is 16.9 Å². The summed E-state index contributed by atoms with van der Waals surface area (Å²) in [5, 5.41) is 2.51. The van der Waals surface area contributed by atoms with Gasteiger partial charge in [0.15, 0.2) is 0 Å². The summed E-state index contributed by atoms with van der Waals surface area (Å²) < 4.78 is 4.32. The summed E-state index contributed by atoms with van der Waals surface area (Å²) in [7, 11) is 0. The topological polar surface area (TPSA) is 125 Å². The molecule has 1 aromatic carbocycles. The molecule has 8 heteroatoms. The van der Waals surface area contributed by atoms with Crippen LogP contribution in [0.3, 0.4) is 0 Å². The standard InChI is InChI=1S/C13H11N3O4S/c14-12(18)16-10-8(11(17)20-13(15)19)6-9(21-10)7-4-2-1-3-5-7/h1-6H,(H2,15,19)(H3,14,16,18). The Morgan fingerprint density at radius 2 is 1.76 bits per heavy atom. The lowest BCUT2D eigenvalue weighted by Gasteiger charge is -2.01. The van der Waals surface area contributed by atoms with E-state index < -0.39 is 18.1 Å². The van der Waals surface area contributed by atoms with Crippen molar-refractivity contribution in [1.29, 1.82) is 0 Å². The first-order chi connectivity index (χ1) is 9.97. The highest BCUT2D eigenvalue weighted by molar-refractivity contribution is 7.20. The average Bonchev–Trinajstić information content (AvgIpc) is 2.82. The van der Waals surface area contributed by atoms with E-state index in [1.165, 1.54) is 6.07 Å². The van der Waals surface area contributed by atoms with Crippen LogP contribution in [0.15, 0.2) is 36.4 Å². The normalized spacial score (nSPS) is 9.90. The highest BCUT2D eigenvalue weighted by Crippen LogP contribution is 2.35. The Bertz CT molecular complexity index is 697. The van der Waals surface area contributed by atoms with E-state index >= 15 is 0 Å². The molecule has 0 radical (unpaired) electrons. The number of carbonyl (C=O) groups is 3. The highest BCUT2D eigenvalue weighted by Gasteiger charge is 2.20. The SMILES string of the molecule is NC(=O)Nc1sc(-c2ccccc2)cc1C(=O)OC(N)=O. The maximum atomic E-state index is 11.8. The zero-order chi connectivity index (χ0) is 15.4. The number of rotatable bonds is 3. The van der Waals surface area contributed by atoms with Crippen molar-refractivity contribution in [2.75, 3.05) is 5.32 Å². The van der Waals surface area contributed by atoms with E-state index in [9.17, 15) is 14.4 Å². The van der Waals surface area contributed by atoms with Crippen molar-refractivity contribution < 1.29 is 19.1 Å². The Balaban J connectivity index is 2.42. The van der Waals surface area contributed by atoms with Crippen molar-refractivity contribution in [3.63, 3.8) is 0 Å². The van der Waals surface area contributed by atoms with Crippen LogP contribution < -0.4 is 16.8 Å². The zero-order valence-electron chi connectivity index (χ0n) is 10.7. The Labute approximate surface area is 123 Å². The second-order valence-corrected chi connectivity index (χ2v) is 4.97. The number of primary amides is 2. The lowest BCUT2D eigenvalue weighted by molar-refractivity contribution is 0.0640. The van der Waals surface area contributed by atoms with Crippen LogP contribution in [0.2, 0.25) is 0 Å². The van der Waals surface area contributed by atoms with Crippen LogP contribution in [0.5, 0.6) is 0 Å². The molecule has 2 rings (SSSR count). The molecule has 7 nitrogen and oxygen atoms in total. The van der Waals surface area contributed by atoms with Crippen molar-refractivity contribution in [2.45, 2.75) is 0 Å². The Morgan fingerprint density at radius 1 is 1.10 bits per heavy atom. The summed E-state index contributed by atoms with van der Waals surface area (Å²) in [5.74, 6) is -0.954. The second kappa shape index (κ2) is 6.06. The minimum atomic E-state index is -1.22. The van der Waals surface area contributed by atoms with Gasteiger partial charge in [-0.05, 0) is 11.6 Å². The minimum absolute atomic E-state index is 0.0106. The molecule has 0 atom stereocenters. The molecule has 0 aliphatic rings. The van der Waals surface area contributed by atoms with Gasteiger partial charge >= 0.3 is 18.1 Å². The number of nitrogens with one attached hydrogen (secondary N) is 1. The molecular weight excluding hydrogens is 294 g/mol. The van der Waals surface area contributed by atoms with Gasteiger partial charge in [-0.1, -0.05) is 30.3 Å². The molecule has 5 N–H and O–H groups in total. The molecule has 0 unspecified atom stereocenters. The Kier molecular flexibility index (Phi) is 4.19. The van der Waals surface area contributed by atoms with Gasteiger partial charge in [-0.15, -0.1) is 11.3 Å². The summed E-state index contributed by atoms with van der Waals surface area (Å²) in [6.07, 6.45) is -1.22. The highest BCUT2D eigenvalue weighted by atomic mass is 32.1. The number of hydrogen-bond donors (Lipinski definition) is 3. The molecule has 0 aliphatic carbocycles. The maximum Gasteiger partial charge on any atom is 0.412 e. The van der Waals surface area contributed by atoms with Gasteiger partial charge in [0.2, 0.25) is 0 Å². The van der Waals surface area contributed by atoms with Crippen molar-refractivity contribution in [3.8, 4) is 10.4 Å². The van der Waals surface area contributed by atoms with Crippen LogP contribution in [-0.4, -0.2) is 18.1 Å². The minimum Gasteiger partial charge on any atom is -0.373 e. The van der Waals surface area contributed by atoms with Gasteiger partial charge in [-0.3, -0.25) is 5.32 Å². The van der Waals surface area contributed by atoms with Crippen molar-refractivity contribution in [1.82, 2.24) is 0 Å². The summed E-state index contributed by atoms with van der Waals surface area (Å²) in [5.41, 5.74) is 10.7. The van der Waals surface area contributed by atoms with E-state index in [1.807, 2.05) is 30.3 Å². The van der Waals surface area contributed by atoms with Gasteiger partial charge in [0, 0.05) is 4.88 Å². The van der Waals surface area contributed by atoms with Gasteiger partial charge < -0.3 is 16.2 Å². The number of carbonyl (C=O) groups excluding carboxylic acids is 3. The van der Waals surface area contributed by atoms with E-state index in [1.54, 1.807) is 0 Å². The second-order valence-electron chi connectivity index (χ2n) is 3.92. The lowest BCUT2D eigenvalue weighted by atomic mass is 10.1. The van der Waals surface area contributed by atoms with Crippen molar-refractivity contribution in [3.05, 3.63) is 42.0 Å². The number of benzene rings is 1. The number of nitrogens with two attached hydrogens (primary N) is 2. The molecule has 2 aromatic rings. The lowest BCUT2D eigenvalue weighted by Crippen LogP contribution is -2.22. The van der Waals surface area contributed by atoms with E-state index in [-0.39, 0.29) is 10.6 Å². The third kappa shape index (κ3) is 3.57. The number of anilines is 1. The summed E-state index contributed by atoms with van der Waals surface area (Å²) in [6, 6.07) is 9.85. The van der Waals surface area contributed by atoms with E-state index in [2.05, 4.69) is 10.1 Å². The number of hydrogen-bond acceptors (Lipinski definition) is 5. The molecule has 108 valence electrons. The van der Waals surface area contributed by atoms with Gasteiger partial charge in [-0.2, -0.15) is 0 Å². The van der Waals surface area contributed by atoms with E-state index in [0.29, 0.717) is 4.88 Å². The fraction of sp³-hybridized carbons (Fsp3) is 0. The van der Waals surface area contributed by atoms with E-state index in [4.69, 9.17) is 11.5 Å². The van der Waals surface area contributed by atoms with Gasteiger partial charge in [-0.25, -0.2) is 14.4 Å². The number of urea groups is 1. The first kappa shape index (κ1) is 14.5. The summed E-state index contributed by atoms with van der Waals surface area (Å²) >= 11 is 1.13. The van der Waals surface area contributed by atoms with Gasteiger partial charge in [0.05, 0.1) is 5.56 Å². The van der Waals surface area contributed by atoms with Gasteiger partial charge in [0.1, 0.15) is 5.00 Å². The number of amides is 3. The largest absolute Gasteiger partial charge is 0.412 e. The van der Waals surface area contributed by atoms with Crippen LogP contribution >= 0.6 is 11.3 Å². The van der Waals surface area contributed by atoms with Crippen LogP contribution in [0.25, 0.3) is 10.4 Å². The fourth-order valence-electron chi connectivity index (χ4n) is 1.64. The Hall–Kier alpha value is -2.87. The molecule has 0 spiro atoms. The fourth-order valence-corrected chi connectivity index (χ4v) is 2.69. The maximum absolute atomic E-state index is 11.8. The molecule has 0 saturated carbocycles. The third-order valence-corrected chi connectivity index (χ3v) is 3.54. The first-order valence-corrected chi connectivity index (χ1v) is 6.56. The molecule has 1 aromatic heterocycles. The quantitative estimate of drug-likeness (QED) is 0.593. The summed E-state index contributed by atoms with van der Waals surface area (Å²) in [4.78, 5) is 34.1. The molecule has 0 fully saturated rings. The molecule has 21 heavy (non-hydrogen) atoms. The summed E-state index contributed by atoms with van der Waals surface area (Å²) in [6.45, 7) is 0. The predicted octanol–water partition coefficient (Wildman–Crippen LogP) is 2.14. The predicted molar refractivity (Wildman–Crippen MR) is 78.0 cm³/mol. The monoisotopic (exact) mass is 305 g/mol. The smallest absolute Gasteiger partial charge is 0.373 e. The van der Waals surface area contributed by atoms with Gasteiger partial charge in [0.25, 0.3) is 0 Å². The molecular formula is C13H11N3O4S. The number of thiophene rings is 1. The zero-order valence-corrected chi connectivity index (χ0v) is 11.5. The van der Waals surface area contributed by atoms with Crippen molar-refractivity contribution >= 4 is 34.4 Å². The van der Waals surface area contributed by atoms with Crippen LogP contribution in [0.1, 0.15) is 10.4 Å². The Morgan fingerprint density at radius 3 is 2.33 bits per heavy atom. The molecule has 0 saturated heterocycles. The van der Waals surface area contributed by atoms with Crippen LogP contribution in [0, 0.1) is 0 Å². The average molecular weight is 305 g/mol. The number of esters is 1. The third-order valence-electron chi connectivity index (χ3n) is 2.44. The molecule has 0 bridgehead atoms. The molecule has 1 heterocycles.